The minimum atomic E-state index is -1.26. The summed E-state index contributed by atoms with van der Waals surface area (Å²) in [5.74, 6) is -0.370. The Balaban J connectivity index is 4.35. The van der Waals surface area contributed by atoms with E-state index in [1.807, 2.05) is 0 Å². The van der Waals surface area contributed by atoms with Gasteiger partial charge in [0.05, 0.1) is 6.04 Å². The molecule has 17 heavy (non-hydrogen) atoms. The van der Waals surface area contributed by atoms with Crippen LogP contribution in [0.25, 0.3) is 0 Å². The molecule has 0 aromatic rings. The molecule has 0 rings (SSSR count). The minimum absolute atomic E-state index is 0.00793. The Bertz CT molecular complexity index is 348. The Morgan fingerprint density at radius 2 is 2.00 bits per heavy atom. The zero-order valence-electron chi connectivity index (χ0n) is 9.18. The summed E-state index contributed by atoms with van der Waals surface area (Å²) in [4.78, 5) is 32.7. The van der Waals surface area contributed by atoms with Gasteiger partial charge in [-0.3, -0.25) is 9.59 Å². The number of hydrogen-bond donors (Lipinski definition) is 4. The molecule has 2 amide bonds. The highest BCUT2D eigenvalue weighted by atomic mass is 16.4. The Kier molecular flexibility index (Phi) is 6.36. The molecule has 94 valence electrons. The van der Waals surface area contributed by atoms with Crippen molar-refractivity contribution in [2.24, 2.45) is 11.5 Å². The van der Waals surface area contributed by atoms with Gasteiger partial charge in [0.2, 0.25) is 11.8 Å². The molecule has 0 aliphatic carbocycles. The minimum Gasteiger partial charge on any atom is -0.480 e. The number of carboxylic acids is 1. The van der Waals surface area contributed by atoms with Gasteiger partial charge in [-0.1, -0.05) is 0 Å². The SMILES string of the molecule is C#CCC(N)C(=O)N[C@@H](CCC(N)=O)C(=O)O. The lowest BCUT2D eigenvalue weighted by Crippen LogP contribution is -2.48. The average molecular weight is 241 g/mol. The van der Waals surface area contributed by atoms with Crippen LogP contribution in [0.4, 0.5) is 0 Å². The third-order valence-electron chi connectivity index (χ3n) is 1.97. The molecule has 0 heterocycles. The summed E-state index contributed by atoms with van der Waals surface area (Å²) >= 11 is 0. The predicted molar refractivity (Wildman–Crippen MR) is 59.4 cm³/mol. The number of aliphatic carboxylic acids is 1. The second kappa shape index (κ2) is 7.24. The number of carboxylic acid groups (broad SMARTS) is 1. The van der Waals surface area contributed by atoms with Crippen molar-refractivity contribution in [2.75, 3.05) is 0 Å². The van der Waals surface area contributed by atoms with Crippen molar-refractivity contribution in [3.05, 3.63) is 0 Å². The number of nitrogens with one attached hydrogen (secondary N) is 1. The second-order valence-electron chi connectivity index (χ2n) is 3.42. The first kappa shape index (κ1) is 14.9. The molecule has 6 N–H and O–H groups in total. The number of carbonyl (C=O) groups excluding carboxylic acids is 2. The van der Waals surface area contributed by atoms with Crippen molar-refractivity contribution in [2.45, 2.75) is 31.3 Å². The highest BCUT2D eigenvalue weighted by molar-refractivity contribution is 5.87. The monoisotopic (exact) mass is 241 g/mol. The van der Waals surface area contributed by atoms with Gasteiger partial charge in [-0.25, -0.2) is 4.79 Å². The van der Waals surface area contributed by atoms with Gasteiger partial charge in [-0.2, -0.15) is 0 Å². The Hall–Kier alpha value is -2.07. The third kappa shape index (κ3) is 6.17. The Labute approximate surface area is 98.5 Å². The molecule has 0 aromatic carbocycles. The van der Waals surface area contributed by atoms with Crippen molar-refractivity contribution in [3.8, 4) is 12.3 Å². The number of terminal acetylenes is 1. The van der Waals surface area contributed by atoms with E-state index in [0.717, 1.165) is 0 Å². The van der Waals surface area contributed by atoms with Gasteiger partial charge in [0.25, 0.3) is 0 Å². The first-order chi connectivity index (χ1) is 7.88. The number of nitrogens with two attached hydrogens (primary N) is 2. The van der Waals surface area contributed by atoms with E-state index in [2.05, 4.69) is 11.2 Å². The fourth-order valence-corrected chi connectivity index (χ4v) is 1.04. The van der Waals surface area contributed by atoms with Crippen LogP contribution in [0.3, 0.4) is 0 Å². The molecule has 0 spiro atoms. The summed E-state index contributed by atoms with van der Waals surface area (Å²) in [6, 6.07) is -2.16. The van der Waals surface area contributed by atoms with Crippen LogP contribution in [0.15, 0.2) is 0 Å². The molecular formula is C10H15N3O4. The van der Waals surface area contributed by atoms with Crippen molar-refractivity contribution >= 4 is 17.8 Å². The van der Waals surface area contributed by atoms with E-state index in [0.29, 0.717) is 0 Å². The van der Waals surface area contributed by atoms with Crippen LogP contribution in [0.2, 0.25) is 0 Å². The van der Waals surface area contributed by atoms with Gasteiger partial charge in [0.15, 0.2) is 0 Å². The molecule has 0 bridgehead atoms. The van der Waals surface area contributed by atoms with Crippen molar-refractivity contribution in [3.63, 3.8) is 0 Å². The van der Waals surface area contributed by atoms with Crippen LogP contribution in [0.1, 0.15) is 19.3 Å². The van der Waals surface area contributed by atoms with E-state index in [1.54, 1.807) is 0 Å². The maximum Gasteiger partial charge on any atom is 0.326 e. The normalized spacial score (nSPS) is 13.2. The molecular weight excluding hydrogens is 226 g/mol. The number of rotatable bonds is 7. The van der Waals surface area contributed by atoms with E-state index in [1.165, 1.54) is 0 Å². The van der Waals surface area contributed by atoms with Gasteiger partial charge in [0.1, 0.15) is 6.04 Å². The Morgan fingerprint density at radius 3 is 2.41 bits per heavy atom. The topological polar surface area (TPSA) is 136 Å². The molecule has 0 aliphatic heterocycles. The quantitative estimate of drug-likeness (QED) is 0.389. The van der Waals surface area contributed by atoms with Gasteiger partial charge in [-0.15, -0.1) is 12.3 Å². The Morgan fingerprint density at radius 1 is 1.41 bits per heavy atom. The molecule has 1 unspecified atom stereocenters. The molecule has 0 fully saturated rings. The van der Waals surface area contributed by atoms with Gasteiger partial charge < -0.3 is 21.9 Å². The van der Waals surface area contributed by atoms with E-state index < -0.39 is 29.9 Å². The van der Waals surface area contributed by atoms with E-state index in [9.17, 15) is 14.4 Å². The lowest BCUT2D eigenvalue weighted by atomic mass is 10.1. The maximum atomic E-state index is 11.4. The number of primary amides is 1. The fourth-order valence-electron chi connectivity index (χ4n) is 1.04. The lowest BCUT2D eigenvalue weighted by molar-refractivity contribution is -0.142. The standard InChI is InChI=1S/C10H15N3O4/c1-2-3-6(11)9(15)13-7(10(16)17)4-5-8(12)14/h1,6-7H,3-5,11H2,(H2,12,14)(H,13,15)(H,16,17)/t6?,7-/m0/s1. The summed E-state index contributed by atoms with van der Waals surface area (Å²) in [7, 11) is 0. The summed E-state index contributed by atoms with van der Waals surface area (Å²) in [6.07, 6.45) is 4.76. The molecule has 7 nitrogen and oxygen atoms in total. The van der Waals surface area contributed by atoms with E-state index >= 15 is 0 Å². The van der Waals surface area contributed by atoms with Crippen LogP contribution in [-0.4, -0.2) is 35.0 Å². The maximum absolute atomic E-state index is 11.4. The van der Waals surface area contributed by atoms with Crippen LogP contribution < -0.4 is 16.8 Å². The molecule has 2 atom stereocenters. The summed E-state index contributed by atoms with van der Waals surface area (Å²) in [5, 5.41) is 11.0. The molecule has 7 heteroatoms. The number of amides is 2. The zero-order valence-corrected chi connectivity index (χ0v) is 9.18. The highest BCUT2D eigenvalue weighted by Crippen LogP contribution is 1.98. The van der Waals surface area contributed by atoms with E-state index in [-0.39, 0.29) is 19.3 Å². The number of carbonyl (C=O) groups is 3. The second-order valence-corrected chi connectivity index (χ2v) is 3.42. The summed E-state index contributed by atoms with van der Waals surface area (Å²) in [6.45, 7) is 0. The smallest absolute Gasteiger partial charge is 0.326 e. The summed E-state index contributed by atoms with van der Waals surface area (Å²) < 4.78 is 0. The molecule has 0 saturated heterocycles. The lowest BCUT2D eigenvalue weighted by Gasteiger charge is -2.16. The van der Waals surface area contributed by atoms with Crippen LogP contribution in [0, 0.1) is 12.3 Å². The highest BCUT2D eigenvalue weighted by Gasteiger charge is 2.23. The van der Waals surface area contributed by atoms with Crippen LogP contribution in [-0.2, 0) is 14.4 Å². The van der Waals surface area contributed by atoms with Crippen molar-refractivity contribution in [1.82, 2.24) is 5.32 Å². The third-order valence-corrected chi connectivity index (χ3v) is 1.97. The molecule has 0 aromatic heterocycles. The molecule has 0 saturated carbocycles. The van der Waals surface area contributed by atoms with Crippen LogP contribution in [0.5, 0.6) is 0 Å². The average Bonchev–Trinajstić information content (AvgIpc) is 2.23. The predicted octanol–water partition coefficient (Wildman–Crippen LogP) is -1.83. The van der Waals surface area contributed by atoms with Gasteiger partial charge in [0, 0.05) is 12.8 Å². The first-order valence-electron chi connectivity index (χ1n) is 4.89. The van der Waals surface area contributed by atoms with Crippen LogP contribution >= 0.6 is 0 Å². The number of hydrogen-bond acceptors (Lipinski definition) is 4. The summed E-state index contributed by atoms with van der Waals surface area (Å²) in [5.41, 5.74) is 10.3. The largest absolute Gasteiger partial charge is 0.480 e. The van der Waals surface area contributed by atoms with Gasteiger partial charge >= 0.3 is 5.97 Å². The fraction of sp³-hybridized carbons (Fsp3) is 0.500. The zero-order chi connectivity index (χ0) is 13.4. The van der Waals surface area contributed by atoms with Crippen molar-refractivity contribution < 1.29 is 19.5 Å². The first-order valence-corrected chi connectivity index (χ1v) is 4.89. The van der Waals surface area contributed by atoms with Crippen molar-refractivity contribution in [1.29, 1.82) is 0 Å². The molecule has 0 radical (unpaired) electrons. The van der Waals surface area contributed by atoms with E-state index in [4.69, 9.17) is 23.0 Å². The molecule has 0 aliphatic rings. The van der Waals surface area contributed by atoms with Gasteiger partial charge in [-0.05, 0) is 6.42 Å².